The molecule has 0 spiro atoms. The van der Waals surface area contributed by atoms with Crippen molar-refractivity contribution in [1.82, 2.24) is 15.1 Å². The number of terminal acetylenes is 1. The fraction of sp³-hybridized carbons (Fsp3) is 0.800. The molecule has 0 aromatic rings. The maximum absolute atomic E-state index is 12.2. The molecular weight excluding hydrogens is 238 g/mol. The van der Waals surface area contributed by atoms with E-state index in [1.165, 1.54) is 19.3 Å². The molecular formula is C15H25N3O. The van der Waals surface area contributed by atoms with Gasteiger partial charge in [0.25, 0.3) is 0 Å². The summed E-state index contributed by atoms with van der Waals surface area (Å²) in [7, 11) is 0. The lowest BCUT2D eigenvalue weighted by Gasteiger charge is -2.35. The van der Waals surface area contributed by atoms with Crippen LogP contribution in [0.2, 0.25) is 0 Å². The highest BCUT2D eigenvalue weighted by atomic mass is 16.2. The molecule has 1 aliphatic carbocycles. The zero-order valence-electron chi connectivity index (χ0n) is 11.7. The lowest BCUT2D eigenvalue weighted by Crippen LogP contribution is -2.53. The first-order valence-electron chi connectivity index (χ1n) is 7.51. The third-order valence-electron chi connectivity index (χ3n) is 4.16. The Morgan fingerprint density at radius 2 is 1.84 bits per heavy atom. The molecule has 4 nitrogen and oxygen atoms in total. The largest absolute Gasteiger partial charge is 0.335 e. The van der Waals surface area contributed by atoms with Crippen molar-refractivity contribution in [3.63, 3.8) is 0 Å². The Bertz CT molecular complexity index is 323. The number of carbonyl (C=O) groups is 1. The predicted octanol–water partition coefficient (Wildman–Crippen LogP) is 1.67. The van der Waals surface area contributed by atoms with Crippen molar-refractivity contribution in [2.75, 3.05) is 32.7 Å². The van der Waals surface area contributed by atoms with Crippen molar-refractivity contribution in [3.8, 4) is 12.3 Å². The van der Waals surface area contributed by atoms with E-state index in [0.717, 1.165) is 52.0 Å². The quantitative estimate of drug-likeness (QED) is 0.786. The van der Waals surface area contributed by atoms with Crippen LogP contribution in [0.5, 0.6) is 0 Å². The average Bonchev–Trinajstić information content (AvgIpc) is 2.46. The van der Waals surface area contributed by atoms with E-state index in [9.17, 15) is 4.79 Å². The van der Waals surface area contributed by atoms with Crippen molar-refractivity contribution >= 4 is 6.03 Å². The number of nitrogens with one attached hydrogen (secondary N) is 1. The van der Waals surface area contributed by atoms with Crippen molar-refractivity contribution in [1.29, 1.82) is 0 Å². The highest BCUT2D eigenvalue weighted by molar-refractivity contribution is 5.74. The summed E-state index contributed by atoms with van der Waals surface area (Å²) < 4.78 is 0. The van der Waals surface area contributed by atoms with E-state index in [4.69, 9.17) is 6.42 Å². The van der Waals surface area contributed by atoms with Gasteiger partial charge in [-0.3, -0.25) is 4.90 Å². The summed E-state index contributed by atoms with van der Waals surface area (Å²) in [4.78, 5) is 16.4. The maximum atomic E-state index is 12.2. The number of amides is 2. The van der Waals surface area contributed by atoms with E-state index in [1.807, 2.05) is 4.90 Å². The smallest absolute Gasteiger partial charge is 0.317 e. The third kappa shape index (κ3) is 4.43. The first-order valence-corrected chi connectivity index (χ1v) is 7.51. The highest BCUT2D eigenvalue weighted by Gasteiger charge is 2.23. The van der Waals surface area contributed by atoms with Crippen LogP contribution in [0.15, 0.2) is 0 Å². The molecule has 2 aliphatic rings. The summed E-state index contributed by atoms with van der Waals surface area (Å²) in [5, 5.41) is 3.18. The molecule has 1 N–H and O–H groups in total. The number of rotatable bonds is 3. The van der Waals surface area contributed by atoms with Gasteiger partial charge in [0.15, 0.2) is 0 Å². The van der Waals surface area contributed by atoms with E-state index in [1.54, 1.807) is 0 Å². The summed E-state index contributed by atoms with van der Waals surface area (Å²) in [6, 6.07) is 0.532. The van der Waals surface area contributed by atoms with Crippen LogP contribution in [-0.2, 0) is 0 Å². The molecule has 19 heavy (non-hydrogen) atoms. The molecule has 1 aliphatic heterocycles. The topological polar surface area (TPSA) is 35.6 Å². The molecule has 0 unspecified atom stereocenters. The van der Waals surface area contributed by atoms with Crippen LogP contribution in [0, 0.1) is 12.3 Å². The lowest BCUT2D eigenvalue weighted by molar-refractivity contribution is 0.137. The second-order valence-electron chi connectivity index (χ2n) is 5.57. The van der Waals surface area contributed by atoms with Gasteiger partial charge in [0.05, 0.1) is 0 Å². The molecule has 0 radical (unpaired) electrons. The van der Waals surface area contributed by atoms with E-state index in [-0.39, 0.29) is 6.03 Å². The predicted molar refractivity (Wildman–Crippen MR) is 76.9 cm³/mol. The number of urea groups is 1. The molecule has 106 valence electrons. The van der Waals surface area contributed by atoms with Crippen LogP contribution in [0.1, 0.15) is 38.5 Å². The van der Waals surface area contributed by atoms with Gasteiger partial charge in [-0.25, -0.2) is 4.79 Å². The normalized spacial score (nSPS) is 21.9. The Morgan fingerprint density at radius 1 is 1.16 bits per heavy atom. The van der Waals surface area contributed by atoms with Gasteiger partial charge in [-0.05, 0) is 12.8 Å². The van der Waals surface area contributed by atoms with Crippen LogP contribution in [0.3, 0.4) is 0 Å². The standard InChI is InChI=1S/C15H25N3O/c1-2-3-9-17-10-12-18(13-11-17)15(19)16-14-7-5-4-6-8-14/h1,14H,3-13H2,(H,16,19). The first-order chi connectivity index (χ1) is 9.29. The number of carbonyl (C=O) groups excluding carboxylic acids is 1. The van der Waals surface area contributed by atoms with Crippen LogP contribution in [-0.4, -0.2) is 54.6 Å². The second kappa shape index (κ2) is 7.40. The zero-order chi connectivity index (χ0) is 13.5. The molecule has 2 rings (SSSR count). The second-order valence-corrected chi connectivity index (χ2v) is 5.57. The van der Waals surface area contributed by atoms with Gasteiger partial charge in [0.1, 0.15) is 0 Å². The van der Waals surface area contributed by atoms with E-state index in [0.29, 0.717) is 6.04 Å². The van der Waals surface area contributed by atoms with E-state index >= 15 is 0 Å². The molecule has 4 heteroatoms. The number of piperazine rings is 1. The van der Waals surface area contributed by atoms with Gasteiger partial charge in [-0.2, -0.15) is 0 Å². The minimum atomic E-state index is 0.128. The van der Waals surface area contributed by atoms with Crippen LogP contribution in [0.25, 0.3) is 0 Å². The fourth-order valence-corrected chi connectivity index (χ4v) is 2.91. The summed E-state index contributed by atoms with van der Waals surface area (Å²) in [6.07, 6.45) is 12.2. The zero-order valence-corrected chi connectivity index (χ0v) is 11.7. The molecule has 0 aromatic heterocycles. The molecule has 2 fully saturated rings. The van der Waals surface area contributed by atoms with Gasteiger partial charge in [0, 0.05) is 45.2 Å². The van der Waals surface area contributed by atoms with E-state index < -0.39 is 0 Å². The van der Waals surface area contributed by atoms with Crippen molar-refractivity contribution in [3.05, 3.63) is 0 Å². The summed E-state index contributed by atoms with van der Waals surface area (Å²) in [5.41, 5.74) is 0. The van der Waals surface area contributed by atoms with Crippen molar-refractivity contribution in [2.24, 2.45) is 0 Å². The number of nitrogens with zero attached hydrogens (tertiary/aromatic N) is 2. The van der Waals surface area contributed by atoms with Crippen molar-refractivity contribution < 1.29 is 4.79 Å². The van der Waals surface area contributed by atoms with Gasteiger partial charge in [0.2, 0.25) is 0 Å². The molecule has 0 bridgehead atoms. The SMILES string of the molecule is C#CCCN1CCN(C(=O)NC2CCCCC2)CC1. The maximum Gasteiger partial charge on any atom is 0.317 e. The molecule has 2 amide bonds. The first kappa shape index (κ1) is 14.2. The molecule has 0 atom stereocenters. The summed E-state index contributed by atoms with van der Waals surface area (Å²) in [6.45, 7) is 4.49. The Labute approximate surface area is 116 Å². The average molecular weight is 263 g/mol. The van der Waals surface area contributed by atoms with Crippen LogP contribution >= 0.6 is 0 Å². The Balaban J connectivity index is 1.68. The Morgan fingerprint density at radius 3 is 2.47 bits per heavy atom. The minimum Gasteiger partial charge on any atom is -0.335 e. The highest BCUT2D eigenvalue weighted by Crippen LogP contribution is 2.17. The van der Waals surface area contributed by atoms with Crippen LogP contribution in [0.4, 0.5) is 4.79 Å². The monoisotopic (exact) mass is 263 g/mol. The van der Waals surface area contributed by atoms with Gasteiger partial charge in [-0.15, -0.1) is 12.3 Å². The number of hydrogen-bond acceptors (Lipinski definition) is 2. The Kier molecular flexibility index (Phi) is 5.53. The number of hydrogen-bond donors (Lipinski definition) is 1. The molecule has 1 heterocycles. The summed E-state index contributed by atoms with van der Waals surface area (Å²) in [5.74, 6) is 2.67. The van der Waals surface area contributed by atoms with Crippen LogP contribution < -0.4 is 5.32 Å². The molecule has 1 saturated heterocycles. The van der Waals surface area contributed by atoms with Gasteiger partial charge >= 0.3 is 6.03 Å². The minimum absolute atomic E-state index is 0.128. The molecule has 0 aromatic carbocycles. The van der Waals surface area contributed by atoms with Gasteiger partial charge in [-0.1, -0.05) is 19.3 Å². The van der Waals surface area contributed by atoms with Gasteiger partial charge < -0.3 is 10.2 Å². The summed E-state index contributed by atoms with van der Waals surface area (Å²) >= 11 is 0. The lowest BCUT2D eigenvalue weighted by atomic mass is 9.96. The molecule has 1 saturated carbocycles. The fourth-order valence-electron chi connectivity index (χ4n) is 2.91. The Hall–Kier alpha value is -1.21. The van der Waals surface area contributed by atoms with E-state index in [2.05, 4.69) is 16.1 Å². The van der Waals surface area contributed by atoms with Crippen molar-refractivity contribution in [2.45, 2.75) is 44.6 Å². The third-order valence-corrected chi connectivity index (χ3v) is 4.16.